The van der Waals surface area contributed by atoms with E-state index in [0.717, 1.165) is 16.8 Å². The summed E-state index contributed by atoms with van der Waals surface area (Å²) >= 11 is 0. The van der Waals surface area contributed by atoms with E-state index in [9.17, 15) is 4.79 Å². The fourth-order valence-corrected chi connectivity index (χ4v) is 3.81. The van der Waals surface area contributed by atoms with Gasteiger partial charge >= 0.3 is 0 Å². The normalized spacial score (nSPS) is 19.4. The first-order valence-corrected chi connectivity index (χ1v) is 8.20. The Kier molecular flexibility index (Phi) is 3.46. The van der Waals surface area contributed by atoms with E-state index in [-0.39, 0.29) is 5.91 Å². The molecular formula is C22H19NO. The van der Waals surface area contributed by atoms with Crippen LogP contribution < -0.4 is 4.90 Å². The maximum absolute atomic E-state index is 13.4. The van der Waals surface area contributed by atoms with Crippen LogP contribution in [0, 0.1) is 0 Å². The summed E-state index contributed by atoms with van der Waals surface area (Å²) in [5, 5.41) is 0. The second-order valence-electron chi connectivity index (χ2n) is 6.32. The van der Waals surface area contributed by atoms with Crippen molar-refractivity contribution in [3.05, 3.63) is 102 Å². The molecule has 24 heavy (non-hydrogen) atoms. The van der Waals surface area contributed by atoms with E-state index >= 15 is 0 Å². The molecule has 0 bridgehead atoms. The number of para-hydroxylation sites is 1. The van der Waals surface area contributed by atoms with Gasteiger partial charge in [-0.25, -0.2) is 0 Å². The van der Waals surface area contributed by atoms with Crippen molar-refractivity contribution in [2.24, 2.45) is 0 Å². The first kappa shape index (κ1) is 14.7. The minimum Gasteiger partial charge on any atom is -0.314 e. The molecule has 0 saturated carbocycles. The Morgan fingerprint density at radius 1 is 0.792 bits per heavy atom. The topological polar surface area (TPSA) is 20.3 Å². The van der Waals surface area contributed by atoms with Gasteiger partial charge in [0.05, 0.1) is 0 Å². The Hall–Kier alpha value is -2.87. The average molecular weight is 313 g/mol. The standard InChI is InChI=1S/C22H19NO/c1-23-20-15-9-8-14-19(20)22(21(23)24,18-12-6-3-7-13-18)16-17-10-4-2-5-11-17/h2-15H,16H2,1H3. The van der Waals surface area contributed by atoms with Gasteiger partial charge in [-0.2, -0.15) is 0 Å². The summed E-state index contributed by atoms with van der Waals surface area (Å²) in [6.07, 6.45) is 0.665. The molecule has 1 amide bonds. The Balaban J connectivity index is 1.97. The first-order valence-electron chi connectivity index (χ1n) is 8.20. The molecule has 0 aromatic heterocycles. The van der Waals surface area contributed by atoms with Gasteiger partial charge in [0.2, 0.25) is 5.91 Å². The zero-order valence-corrected chi connectivity index (χ0v) is 13.6. The number of benzene rings is 3. The van der Waals surface area contributed by atoms with Gasteiger partial charge in [-0.1, -0.05) is 78.9 Å². The molecule has 0 saturated heterocycles. The number of hydrogen-bond donors (Lipinski definition) is 0. The predicted molar refractivity (Wildman–Crippen MR) is 97.2 cm³/mol. The van der Waals surface area contributed by atoms with E-state index in [2.05, 4.69) is 30.3 Å². The molecule has 2 heteroatoms. The second-order valence-corrected chi connectivity index (χ2v) is 6.32. The molecule has 0 aliphatic carbocycles. The fourth-order valence-electron chi connectivity index (χ4n) is 3.81. The third-order valence-electron chi connectivity index (χ3n) is 4.97. The molecule has 1 heterocycles. The molecule has 0 fully saturated rings. The van der Waals surface area contributed by atoms with Crippen LogP contribution in [0.5, 0.6) is 0 Å². The van der Waals surface area contributed by atoms with Crippen molar-refractivity contribution in [2.45, 2.75) is 11.8 Å². The molecule has 1 atom stereocenters. The lowest BCUT2D eigenvalue weighted by molar-refractivity contribution is -0.121. The highest BCUT2D eigenvalue weighted by Gasteiger charge is 2.50. The number of carbonyl (C=O) groups is 1. The number of nitrogens with zero attached hydrogens (tertiary/aromatic N) is 1. The van der Waals surface area contributed by atoms with Gasteiger partial charge in [-0.15, -0.1) is 0 Å². The molecule has 0 radical (unpaired) electrons. The monoisotopic (exact) mass is 313 g/mol. The number of hydrogen-bond acceptors (Lipinski definition) is 1. The summed E-state index contributed by atoms with van der Waals surface area (Å²) in [5.74, 6) is 0.138. The molecule has 2 nitrogen and oxygen atoms in total. The van der Waals surface area contributed by atoms with Crippen molar-refractivity contribution >= 4 is 11.6 Å². The smallest absolute Gasteiger partial charge is 0.242 e. The summed E-state index contributed by atoms with van der Waals surface area (Å²) in [5.41, 5.74) is 3.65. The molecule has 1 unspecified atom stereocenters. The van der Waals surface area contributed by atoms with E-state index in [1.54, 1.807) is 4.90 Å². The zero-order chi connectivity index (χ0) is 16.6. The van der Waals surface area contributed by atoms with E-state index in [1.807, 2.05) is 61.6 Å². The number of rotatable bonds is 3. The van der Waals surface area contributed by atoms with E-state index in [0.29, 0.717) is 6.42 Å². The molecule has 1 aliphatic rings. The predicted octanol–water partition coefficient (Wildman–Crippen LogP) is 4.19. The number of fused-ring (bicyclic) bond motifs is 1. The molecule has 118 valence electrons. The average Bonchev–Trinajstić information content (AvgIpc) is 2.86. The second kappa shape index (κ2) is 5.64. The maximum atomic E-state index is 13.4. The summed E-state index contributed by atoms with van der Waals surface area (Å²) in [4.78, 5) is 15.2. The van der Waals surface area contributed by atoms with Gasteiger partial charge in [-0.05, 0) is 29.2 Å². The third kappa shape index (κ3) is 2.07. The third-order valence-corrected chi connectivity index (χ3v) is 4.97. The summed E-state index contributed by atoms with van der Waals surface area (Å²) in [7, 11) is 1.87. The SMILES string of the molecule is CN1C(=O)C(Cc2ccccc2)(c2ccccc2)c2ccccc21. The lowest BCUT2D eigenvalue weighted by Gasteiger charge is -2.29. The van der Waals surface area contributed by atoms with Gasteiger partial charge in [-0.3, -0.25) is 4.79 Å². The summed E-state index contributed by atoms with van der Waals surface area (Å²) in [6, 6.07) is 28.5. The highest BCUT2D eigenvalue weighted by atomic mass is 16.2. The van der Waals surface area contributed by atoms with Crippen LogP contribution in [0.25, 0.3) is 0 Å². The van der Waals surface area contributed by atoms with Gasteiger partial charge in [0, 0.05) is 12.7 Å². The Labute approximate surface area is 142 Å². The van der Waals surface area contributed by atoms with Crippen LogP contribution in [0.4, 0.5) is 5.69 Å². The molecule has 0 N–H and O–H groups in total. The minimum atomic E-state index is -0.659. The minimum absolute atomic E-state index is 0.138. The van der Waals surface area contributed by atoms with Crippen LogP contribution in [0.3, 0.4) is 0 Å². The van der Waals surface area contributed by atoms with Gasteiger partial charge in [0.1, 0.15) is 5.41 Å². The van der Waals surface area contributed by atoms with Crippen LogP contribution in [0.15, 0.2) is 84.9 Å². The van der Waals surface area contributed by atoms with Crippen molar-refractivity contribution in [3.8, 4) is 0 Å². The van der Waals surface area contributed by atoms with Gasteiger partial charge in [0.15, 0.2) is 0 Å². The first-order chi connectivity index (χ1) is 11.7. The molecule has 3 aromatic carbocycles. The fraction of sp³-hybridized carbons (Fsp3) is 0.136. The van der Waals surface area contributed by atoms with E-state index < -0.39 is 5.41 Å². The lowest BCUT2D eigenvalue weighted by Crippen LogP contribution is -2.41. The van der Waals surface area contributed by atoms with Crippen LogP contribution in [0.1, 0.15) is 16.7 Å². The number of anilines is 1. The number of likely N-dealkylation sites (N-methyl/N-ethyl adjacent to an activating group) is 1. The maximum Gasteiger partial charge on any atom is 0.242 e. The van der Waals surface area contributed by atoms with Crippen LogP contribution in [0.2, 0.25) is 0 Å². The Morgan fingerprint density at radius 2 is 1.38 bits per heavy atom. The van der Waals surface area contributed by atoms with Crippen molar-refractivity contribution in [3.63, 3.8) is 0 Å². The number of carbonyl (C=O) groups excluding carboxylic acids is 1. The molecular weight excluding hydrogens is 294 g/mol. The van der Waals surface area contributed by atoms with Crippen molar-refractivity contribution in [1.29, 1.82) is 0 Å². The Morgan fingerprint density at radius 3 is 2.08 bits per heavy atom. The Bertz CT molecular complexity index is 873. The lowest BCUT2D eigenvalue weighted by atomic mass is 9.71. The van der Waals surface area contributed by atoms with Crippen LogP contribution in [-0.4, -0.2) is 13.0 Å². The molecule has 4 rings (SSSR count). The largest absolute Gasteiger partial charge is 0.314 e. The summed E-state index contributed by atoms with van der Waals surface area (Å²) in [6.45, 7) is 0. The highest BCUT2D eigenvalue weighted by molar-refractivity contribution is 6.10. The molecule has 1 aliphatic heterocycles. The van der Waals surface area contributed by atoms with Gasteiger partial charge in [0.25, 0.3) is 0 Å². The summed E-state index contributed by atoms with van der Waals surface area (Å²) < 4.78 is 0. The number of amides is 1. The van der Waals surface area contributed by atoms with Crippen LogP contribution >= 0.6 is 0 Å². The molecule has 0 spiro atoms. The molecule has 3 aromatic rings. The van der Waals surface area contributed by atoms with E-state index in [1.165, 1.54) is 5.56 Å². The quantitative estimate of drug-likeness (QED) is 0.710. The van der Waals surface area contributed by atoms with E-state index in [4.69, 9.17) is 0 Å². The van der Waals surface area contributed by atoms with Crippen LogP contribution in [-0.2, 0) is 16.6 Å². The highest BCUT2D eigenvalue weighted by Crippen LogP contribution is 2.47. The van der Waals surface area contributed by atoms with Crippen molar-refractivity contribution < 1.29 is 4.79 Å². The van der Waals surface area contributed by atoms with Crippen molar-refractivity contribution in [1.82, 2.24) is 0 Å². The van der Waals surface area contributed by atoms with Gasteiger partial charge < -0.3 is 4.90 Å². The zero-order valence-electron chi connectivity index (χ0n) is 13.6. The van der Waals surface area contributed by atoms with Crippen molar-refractivity contribution in [2.75, 3.05) is 11.9 Å².